The normalized spacial score (nSPS) is 18.0. The van der Waals surface area contributed by atoms with Crippen LogP contribution in [0.1, 0.15) is 59.7 Å². The molecule has 0 aromatic heterocycles. The van der Waals surface area contributed by atoms with E-state index in [-0.39, 0.29) is 24.2 Å². The molecule has 1 amide bonds. The molecule has 1 aliphatic heterocycles. The van der Waals surface area contributed by atoms with Gasteiger partial charge in [-0.1, -0.05) is 12.1 Å². The van der Waals surface area contributed by atoms with Crippen molar-refractivity contribution in [3.05, 3.63) is 35.4 Å². The highest BCUT2D eigenvalue weighted by Crippen LogP contribution is 2.23. The number of carboxylic acid groups (broad SMARTS) is 1. The van der Waals surface area contributed by atoms with E-state index in [0.717, 1.165) is 19.3 Å². The summed E-state index contributed by atoms with van der Waals surface area (Å²) in [6.07, 6.45) is 3.40. The highest BCUT2D eigenvalue weighted by molar-refractivity contribution is 5.97. The summed E-state index contributed by atoms with van der Waals surface area (Å²) in [5.41, 5.74) is 1.13. The average molecular weight is 303 g/mol. The lowest BCUT2D eigenvalue weighted by Gasteiger charge is -2.35. The van der Waals surface area contributed by atoms with Gasteiger partial charge < -0.3 is 10.0 Å². The second-order valence-electron chi connectivity index (χ2n) is 5.71. The van der Waals surface area contributed by atoms with Gasteiger partial charge in [-0.25, -0.2) is 0 Å². The van der Waals surface area contributed by atoms with Crippen LogP contribution in [0.5, 0.6) is 0 Å². The number of amides is 1. The number of hydrogen-bond acceptors (Lipinski definition) is 3. The van der Waals surface area contributed by atoms with Crippen molar-refractivity contribution in [2.45, 2.75) is 45.1 Å². The van der Waals surface area contributed by atoms with Gasteiger partial charge in [0, 0.05) is 30.1 Å². The SMILES string of the molecule is CC(=O)c1ccc(C(=O)N2CCCCC2CCC(=O)O)cc1. The molecule has 1 aromatic carbocycles. The fourth-order valence-corrected chi connectivity index (χ4v) is 2.87. The van der Waals surface area contributed by atoms with Gasteiger partial charge in [-0.2, -0.15) is 0 Å². The molecule has 1 N–H and O–H groups in total. The number of carbonyl (C=O) groups excluding carboxylic acids is 2. The zero-order valence-corrected chi connectivity index (χ0v) is 12.7. The predicted molar refractivity (Wildman–Crippen MR) is 82.0 cm³/mol. The Morgan fingerprint density at radius 2 is 1.77 bits per heavy atom. The number of carboxylic acids is 1. The summed E-state index contributed by atoms with van der Waals surface area (Å²) in [6, 6.07) is 6.64. The third-order valence-electron chi connectivity index (χ3n) is 4.12. The first-order valence-electron chi connectivity index (χ1n) is 7.63. The third-order valence-corrected chi connectivity index (χ3v) is 4.12. The Hall–Kier alpha value is -2.17. The number of benzene rings is 1. The van der Waals surface area contributed by atoms with Crippen LogP contribution in [0, 0.1) is 0 Å². The van der Waals surface area contributed by atoms with E-state index in [1.165, 1.54) is 6.92 Å². The number of likely N-dealkylation sites (tertiary alicyclic amines) is 1. The van der Waals surface area contributed by atoms with Crippen molar-refractivity contribution in [3.8, 4) is 0 Å². The topological polar surface area (TPSA) is 74.7 Å². The van der Waals surface area contributed by atoms with E-state index in [4.69, 9.17) is 5.11 Å². The van der Waals surface area contributed by atoms with Crippen molar-refractivity contribution in [2.75, 3.05) is 6.54 Å². The van der Waals surface area contributed by atoms with Crippen LogP contribution >= 0.6 is 0 Å². The maximum atomic E-state index is 12.6. The first-order valence-corrected chi connectivity index (χ1v) is 7.63. The Kier molecular flexibility index (Phi) is 5.31. The Morgan fingerprint density at radius 3 is 2.36 bits per heavy atom. The summed E-state index contributed by atoms with van der Waals surface area (Å²) >= 11 is 0. The smallest absolute Gasteiger partial charge is 0.303 e. The highest BCUT2D eigenvalue weighted by atomic mass is 16.4. The molecule has 0 aliphatic carbocycles. The molecule has 1 fully saturated rings. The van der Waals surface area contributed by atoms with Gasteiger partial charge in [-0.3, -0.25) is 14.4 Å². The number of nitrogens with zero attached hydrogens (tertiary/aromatic N) is 1. The Morgan fingerprint density at radius 1 is 1.14 bits per heavy atom. The van der Waals surface area contributed by atoms with E-state index in [2.05, 4.69) is 0 Å². The predicted octanol–water partition coefficient (Wildman–Crippen LogP) is 2.75. The van der Waals surface area contributed by atoms with Gasteiger partial charge in [0.25, 0.3) is 5.91 Å². The van der Waals surface area contributed by atoms with E-state index in [9.17, 15) is 14.4 Å². The fourth-order valence-electron chi connectivity index (χ4n) is 2.87. The molecule has 1 aliphatic rings. The number of aliphatic carboxylic acids is 1. The second-order valence-corrected chi connectivity index (χ2v) is 5.71. The van der Waals surface area contributed by atoms with Gasteiger partial charge in [-0.05, 0) is 44.7 Å². The number of Topliss-reactive ketones (excluding diaryl/α,β-unsaturated/α-hetero) is 1. The number of rotatable bonds is 5. The van der Waals surface area contributed by atoms with Gasteiger partial charge >= 0.3 is 5.97 Å². The van der Waals surface area contributed by atoms with Crippen LogP contribution in [0.3, 0.4) is 0 Å². The minimum atomic E-state index is -0.830. The van der Waals surface area contributed by atoms with Crippen molar-refractivity contribution in [3.63, 3.8) is 0 Å². The van der Waals surface area contributed by atoms with Crippen molar-refractivity contribution < 1.29 is 19.5 Å². The van der Waals surface area contributed by atoms with Crippen LogP contribution in [0.25, 0.3) is 0 Å². The molecule has 2 rings (SSSR count). The van der Waals surface area contributed by atoms with Crippen LogP contribution in [-0.2, 0) is 4.79 Å². The molecule has 1 saturated heterocycles. The minimum Gasteiger partial charge on any atom is -0.481 e. The van der Waals surface area contributed by atoms with Crippen LogP contribution < -0.4 is 0 Å². The molecule has 1 aromatic rings. The number of ketones is 1. The fraction of sp³-hybridized carbons (Fsp3) is 0.471. The molecular formula is C17H21NO4. The van der Waals surface area contributed by atoms with E-state index < -0.39 is 5.97 Å². The second kappa shape index (κ2) is 7.20. The maximum absolute atomic E-state index is 12.6. The molecule has 0 radical (unpaired) electrons. The molecule has 5 nitrogen and oxygen atoms in total. The highest BCUT2D eigenvalue weighted by Gasteiger charge is 2.27. The van der Waals surface area contributed by atoms with Gasteiger partial charge in [0.2, 0.25) is 0 Å². The molecule has 0 spiro atoms. The lowest BCUT2D eigenvalue weighted by molar-refractivity contribution is -0.137. The molecule has 0 saturated carbocycles. The largest absolute Gasteiger partial charge is 0.481 e. The first kappa shape index (κ1) is 16.2. The standard InChI is InChI=1S/C17H21NO4/c1-12(19)13-5-7-14(8-6-13)17(22)18-11-3-2-4-15(18)9-10-16(20)21/h5-8,15H,2-4,9-11H2,1H3,(H,20,21). The first-order chi connectivity index (χ1) is 10.5. The van der Waals surface area contributed by atoms with Crippen LogP contribution in [0.4, 0.5) is 0 Å². The van der Waals surface area contributed by atoms with Gasteiger partial charge in [0.1, 0.15) is 0 Å². The maximum Gasteiger partial charge on any atom is 0.303 e. The van der Waals surface area contributed by atoms with Crippen LogP contribution in [0.15, 0.2) is 24.3 Å². The lowest BCUT2D eigenvalue weighted by Crippen LogP contribution is -2.44. The van der Waals surface area contributed by atoms with Crippen molar-refractivity contribution in [1.82, 2.24) is 4.90 Å². The van der Waals surface area contributed by atoms with Crippen molar-refractivity contribution >= 4 is 17.7 Å². The third kappa shape index (κ3) is 3.93. The minimum absolute atomic E-state index is 0.00941. The summed E-state index contributed by atoms with van der Waals surface area (Å²) in [5.74, 6) is -0.940. The summed E-state index contributed by atoms with van der Waals surface area (Å²) < 4.78 is 0. The molecule has 118 valence electrons. The molecule has 5 heteroatoms. The van der Waals surface area contributed by atoms with Crippen molar-refractivity contribution in [2.24, 2.45) is 0 Å². The number of piperidine rings is 1. The number of hydrogen-bond donors (Lipinski definition) is 1. The van der Waals surface area contributed by atoms with Gasteiger partial charge in [-0.15, -0.1) is 0 Å². The molecule has 1 atom stereocenters. The average Bonchev–Trinajstić information content (AvgIpc) is 2.52. The summed E-state index contributed by atoms with van der Waals surface area (Å²) in [6.45, 7) is 2.15. The monoisotopic (exact) mass is 303 g/mol. The quantitative estimate of drug-likeness (QED) is 0.849. The van der Waals surface area contributed by atoms with Crippen LogP contribution in [0.2, 0.25) is 0 Å². The molecule has 1 unspecified atom stereocenters. The molecule has 22 heavy (non-hydrogen) atoms. The summed E-state index contributed by atoms with van der Waals surface area (Å²) in [4.78, 5) is 36.4. The lowest BCUT2D eigenvalue weighted by atomic mass is 9.96. The van der Waals surface area contributed by atoms with E-state index in [1.807, 2.05) is 0 Å². The van der Waals surface area contributed by atoms with E-state index in [1.54, 1.807) is 29.2 Å². The summed E-state index contributed by atoms with van der Waals surface area (Å²) in [5, 5.41) is 8.83. The van der Waals surface area contributed by atoms with Crippen LogP contribution in [-0.4, -0.2) is 40.3 Å². The Bertz CT molecular complexity index is 565. The van der Waals surface area contributed by atoms with Crippen molar-refractivity contribution in [1.29, 1.82) is 0 Å². The molecule has 0 bridgehead atoms. The van der Waals surface area contributed by atoms with E-state index >= 15 is 0 Å². The Balaban J connectivity index is 2.10. The zero-order valence-electron chi connectivity index (χ0n) is 12.7. The Labute approximate surface area is 129 Å². The molecule has 1 heterocycles. The van der Waals surface area contributed by atoms with Gasteiger partial charge in [0.05, 0.1) is 0 Å². The summed E-state index contributed by atoms with van der Waals surface area (Å²) in [7, 11) is 0. The van der Waals surface area contributed by atoms with Gasteiger partial charge in [0.15, 0.2) is 5.78 Å². The molecular weight excluding hydrogens is 282 g/mol. The number of carbonyl (C=O) groups is 3. The zero-order chi connectivity index (χ0) is 16.1. The van der Waals surface area contributed by atoms with E-state index in [0.29, 0.717) is 24.1 Å².